The van der Waals surface area contributed by atoms with Crippen molar-refractivity contribution < 1.29 is 9.36 Å². The molecule has 0 spiro atoms. The highest BCUT2D eigenvalue weighted by molar-refractivity contribution is 7.22. The van der Waals surface area contributed by atoms with E-state index in [-0.39, 0.29) is 0 Å². The van der Waals surface area contributed by atoms with E-state index in [0.717, 1.165) is 0 Å². The van der Waals surface area contributed by atoms with Crippen molar-refractivity contribution in [3.63, 3.8) is 0 Å². The number of carbonyl (C=O) groups excluding carboxylic acids is 1. The van der Waals surface area contributed by atoms with Crippen molar-refractivity contribution in [3.8, 4) is 0 Å². The summed E-state index contributed by atoms with van der Waals surface area (Å²) in [6.45, 7) is 0. The van der Waals surface area contributed by atoms with Crippen LogP contribution in [0.1, 0.15) is 0 Å². The van der Waals surface area contributed by atoms with E-state index in [1.54, 1.807) is 0 Å². The molecule has 0 aromatic heterocycles. The van der Waals surface area contributed by atoms with E-state index in [1.165, 1.54) is 0 Å². The maximum absolute atomic E-state index is 9.53. The van der Waals surface area contributed by atoms with Gasteiger partial charge in [-0.1, -0.05) is 0 Å². The fourth-order valence-electron chi connectivity index (χ4n) is 0.0581. The first-order valence-electron chi connectivity index (χ1n) is 1.27. The number of hydrogen-bond acceptors (Lipinski definition) is 2. The summed E-state index contributed by atoms with van der Waals surface area (Å²) in [7, 11) is -1.22. The number of hydrogen-bond donors (Lipinski definition) is 2. The summed E-state index contributed by atoms with van der Waals surface area (Å²) in [4.78, 5) is 9.53. The van der Waals surface area contributed by atoms with E-state index in [9.17, 15) is 9.36 Å². The van der Waals surface area contributed by atoms with Crippen molar-refractivity contribution in [1.29, 1.82) is 0 Å². The van der Waals surface area contributed by atoms with Gasteiger partial charge in [-0.2, -0.15) is 0 Å². The van der Waals surface area contributed by atoms with Crippen LogP contribution in [0.15, 0.2) is 0 Å². The van der Waals surface area contributed by atoms with Gasteiger partial charge < -0.3 is 10.3 Å². The SMILES string of the molecule is NC(=O)N[PH2]=O. The van der Waals surface area contributed by atoms with Crippen LogP contribution >= 0.6 is 8.61 Å². The number of nitrogens with one attached hydrogen (secondary N) is 1. The molecule has 0 bridgehead atoms. The molecule has 6 heavy (non-hydrogen) atoms. The van der Waals surface area contributed by atoms with Crippen LogP contribution in [-0.2, 0) is 4.57 Å². The number of carbonyl (C=O) groups is 1. The van der Waals surface area contributed by atoms with E-state index in [0.29, 0.717) is 0 Å². The number of urea groups is 1. The lowest BCUT2D eigenvalue weighted by Gasteiger charge is -1.81. The zero-order chi connectivity index (χ0) is 4.99. The van der Waals surface area contributed by atoms with Gasteiger partial charge in [0.05, 0.1) is 0 Å². The smallest absolute Gasteiger partial charge is 0.317 e. The Kier molecular flexibility index (Phi) is 2.50. The second kappa shape index (κ2) is 2.72. The zero-order valence-corrected chi connectivity index (χ0v) is 4.13. The molecule has 0 heterocycles. The second-order valence-electron chi connectivity index (χ2n) is 0.626. The minimum absolute atomic E-state index is 0.736. The quantitative estimate of drug-likeness (QED) is 0.437. The Hall–Kier alpha value is -0.500. The summed E-state index contributed by atoms with van der Waals surface area (Å²) in [6.07, 6.45) is 0. The molecule has 36 valence electrons. The van der Waals surface area contributed by atoms with Crippen molar-refractivity contribution in [1.82, 2.24) is 5.09 Å². The predicted molar refractivity (Wildman–Crippen MR) is 23.1 cm³/mol. The van der Waals surface area contributed by atoms with Crippen molar-refractivity contribution in [2.24, 2.45) is 5.73 Å². The average molecular weight is 108 g/mol. The van der Waals surface area contributed by atoms with Gasteiger partial charge in [-0.15, -0.1) is 0 Å². The standard InChI is InChI=1S/CH5N2O2P/c2-1(4)3-6-5/h6H2,(H3,2,3,4,5). The van der Waals surface area contributed by atoms with Crippen molar-refractivity contribution in [2.75, 3.05) is 0 Å². The largest absolute Gasteiger partial charge is 0.351 e. The molecule has 0 saturated heterocycles. The lowest BCUT2D eigenvalue weighted by atomic mass is 11.2. The summed E-state index contributed by atoms with van der Waals surface area (Å²) in [5.74, 6) is 0. The van der Waals surface area contributed by atoms with Gasteiger partial charge in [0.25, 0.3) is 0 Å². The Bertz CT molecular complexity index is 71.9. The van der Waals surface area contributed by atoms with Gasteiger partial charge in [0.2, 0.25) is 0 Å². The summed E-state index contributed by atoms with van der Waals surface area (Å²) >= 11 is 0. The Morgan fingerprint density at radius 3 is 2.33 bits per heavy atom. The molecular weight excluding hydrogens is 103 g/mol. The van der Waals surface area contributed by atoms with Gasteiger partial charge in [0.15, 0.2) is 0 Å². The average Bonchev–Trinajstić information content (AvgIpc) is 1.35. The minimum atomic E-state index is -1.22. The molecule has 4 nitrogen and oxygen atoms in total. The molecule has 0 aliphatic heterocycles. The first kappa shape index (κ1) is 5.50. The van der Waals surface area contributed by atoms with E-state index in [4.69, 9.17) is 0 Å². The predicted octanol–water partition coefficient (Wildman–Crippen LogP) is -0.674. The Morgan fingerprint density at radius 2 is 2.33 bits per heavy atom. The van der Waals surface area contributed by atoms with Gasteiger partial charge in [0, 0.05) is 0 Å². The number of rotatable bonds is 1. The number of amides is 2. The zero-order valence-electron chi connectivity index (χ0n) is 2.97. The molecule has 3 N–H and O–H groups in total. The first-order chi connectivity index (χ1) is 2.77. The van der Waals surface area contributed by atoms with Crippen molar-refractivity contribution in [3.05, 3.63) is 0 Å². The van der Waals surface area contributed by atoms with Crippen LogP contribution in [0.5, 0.6) is 0 Å². The number of primary amides is 1. The highest BCUT2D eigenvalue weighted by Crippen LogP contribution is 1.74. The second-order valence-corrected chi connectivity index (χ2v) is 1.15. The topological polar surface area (TPSA) is 72.2 Å². The van der Waals surface area contributed by atoms with Crippen LogP contribution in [0.3, 0.4) is 0 Å². The maximum atomic E-state index is 9.53. The van der Waals surface area contributed by atoms with Crippen LogP contribution in [-0.4, -0.2) is 6.03 Å². The van der Waals surface area contributed by atoms with E-state index in [2.05, 4.69) is 5.73 Å². The van der Waals surface area contributed by atoms with Crippen LogP contribution in [0.2, 0.25) is 0 Å². The molecule has 0 aliphatic carbocycles. The van der Waals surface area contributed by atoms with Crippen LogP contribution < -0.4 is 10.8 Å². The van der Waals surface area contributed by atoms with Crippen LogP contribution in [0, 0.1) is 0 Å². The summed E-state index contributed by atoms with van der Waals surface area (Å²) in [5, 5.41) is 1.88. The molecule has 0 aliphatic rings. The Balaban J connectivity index is 3.05. The molecule has 0 radical (unpaired) electrons. The lowest BCUT2D eigenvalue weighted by molar-refractivity contribution is 0.254. The highest BCUT2D eigenvalue weighted by atomic mass is 31.1. The molecule has 0 aromatic carbocycles. The molecule has 1 unspecified atom stereocenters. The summed E-state index contributed by atoms with van der Waals surface area (Å²) in [5.41, 5.74) is 4.47. The molecule has 0 fully saturated rings. The van der Waals surface area contributed by atoms with E-state index >= 15 is 0 Å². The molecule has 0 aromatic rings. The van der Waals surface area contributed by atoms with Gasteiger partial charge in [0.1, 0.15) is 8.61 Å². The van der Waals surface area contributed by atoms with Gasteiger partial charge in [-0.3, -0.25) is 5.09 Å². The monoisotopic (exact) mass is 108 g/mol. The third kappa shape index (κ3) is 3.50. The molecule has 0 saturated carbocycles. The molecule has 2 amide bonds. The first-order valence-corrected chi connectivity index (χ1v) is 2.32. The Morgan fingerprint density at radius 1 is 1.83 bits per heavy atom. The summed E-state index contributed by atoms with van der Waals surface area (Å²) in [6, 6.07) is -0.736. The molecule has 5 heteroatoms. The van der Waals surface area contributed by atoms with Gasteiger partial charge in [-0.25, -0.2) is 4.79 Å². The lowest BCUT2D eigenvalue weighted by Crippen LogP contribution is -2.20. The van der Waals surface area contributed by atoms with Crippen molar-refractivity contribution in [2.45, 2.75) is 0 Å². The third-order valence-corrected chi connectivity index (χ3v) is 0.604. The third-order valence-electron chi connectivity index (χ3n) is 0.201. The molecule has 1 atom stereocenters. The van der Waals surface area contributed by atoms with Gasteiger partial charge >= 0.3 is 6.03 Å². The fraction of sp³-hybridized carbons (Fsp3) is 0. The molecule has 0 rings (SSSR count). The summed E-state index contributed by atoms with van der Waals surface area (Å²) < 4.78 is 9.41. The van der Waals surface area contributed by atoms with Crippen LogP contribution in [0.4, 0.5) is 4.79 Å². The van der Waals surface area contributed by atoms with E-state index in [1.807, 2.05) is 5.09 Å². The highest BCUT2D eigenvalue weighted by Gasteiger charge is 1.78. The van der Waals surface area contributed by atoms with Crippen LogP contribution in [0.25, 0.3) is 0 Å². The van der Waals surface area contributed by atoms with Crippen molar-refractivity contribution >= 4 is 14.6 Å². The van der Waals surface area contributed by atoms with Gasteiger partial charge in [-0.05, 0) is 0 Å². The maximum Gasteiger partial charge on any atom is 0.317 e. The Labute approximate surface area is 36.0 Å². The molecular formula is CH5N2O2P. The van der Waals surface area contributed by atoms with E-state index < -0.39 is 14.6 Å². The minimum Gasteiger partial charge on any atom is -0.351 e. The normalized spacial score (nSPS) is 9.33. The number of nitrogens with two attached hydrogens (primary N) is 1. The fourth-order valence-corrected chi connectivity index (χ4v) is 0.174.